The van der Waals surface area contributed by atoms with Gasteiger partial charge in [-0.3, -0.25) is 0 Å². The Bertz CT molecular complexity index is 1020. The lowest BCUT2D eigenvalue weighted by Crippen LogP contribution is -2.24. The number of rotatable bonds is 11. The van der Waals surface area contributed by atoms with Crippen molar-refractivity contribution in [1.29, 1.82) is 10.5 Å². The molecule has 0 spiro atoms. The summed E-state index contributed by atoms with van der Waals surface area (Å²) in [5, 5.41) is 20.1. The average Bonchev–Trinajstić information content (AvgIpc) is 2.82. The maximum atomic E-state index is 10.1. The Morgan fingerprint density at radius 3 is 2.06 bits per heavy atom. The van der Waals surface area contributed by atoms with Crippen molar-refractivity contribution in [3.63, 3.8) is 0 Å². The van der Waals surface area contributed by atoms with Gasteiger partial charge < -0.3 is 14.4 Å². The molecule has 1 aliphatic rings. The number of hydrogen-bond acceptors (Lipinski definition) is 6. The Balaban J connectivity index is 2.27. The molecule has 1 aliphatic heterocycles. The van der Waals surface area contributed by atoms with Gasteiger partial charge in [-0.2, -0.15) is 10.5 Å². The van der Waals surface area contributed by atoms with Gasteiger partial charge in [0.05, 0.1) is 23.8 Å². The van der Waals surface area contributed by atoms with Gasteiger partial charge in [-0.05, 0) is 31.4 Å². The normalized spacial score (nSPS) is 11.8. The Morgan fingerprint density at radius 2 is 1.44 bits per heavy atom. The van der Waals surface area contributed by atoms with Crippen LogP contribution in [0.1, 0.15) is 70.4 Å². The quantitative estimate of drug-likeness (QED) is 0.338. The first kappa shape index (κ1) is 23.8. The number of hydrogen-bond donors (Lipinski definition) is 0. The zero-order chi connectivity index (χ0) is 22.9. The summed E-state index contributed by atoms with van der Waals surface area (Å²) in [5.41, 5.74) is 2.51. The molecule has 0 radical (unpaired) electrons. The molecule has 0 aliphatic carbocycles. The van der Waals surface area contributed by atoms with E-state index < -0.39 is 0 Å². The van der Waals surface area contributed by atoms with E-state index in [2.05, 4.69) is 49.9 Å². The van der Waals surface area contributed by atoms with Crippen molar-refractivity contribution in [2.45, 2.75) is 69.1 Å². The van der Waals surface area contributed by atoms with Crippen molar-refractivity contribution in [3.05, 3.63) is 35.4 Å². The van der Waals surface area contributed by atoms with Crippen LogP contribution >= 0.6 is 11.8 Å². The lowest BCUT2D eigenvalue weighted by atomic mass is 10.0. The maximum absolute atomic E-state index is 10.1. The van der Waals surface area contributed by atoms with Crippen LogP contribution < -0.4 is 14.4 Å². The van der Waals surface area contributed by atoms with E-state index in [9.17, 15) is 10.5 Å². The first-order valence-corrected chi connectivity index (χ1v) is 12.4. The molecule has 0 saturated carbocycles. The summed E-state index contributed by atoms with van der Waals surface area (Å²) in [6.07, 6.45) is 5.80. The first-order valence-electron chi connectivity index (χ1n) is 11.6. The summed E-state index contributed by atoms with van der Waals surface area (Å²) in [7, 11) is 0. The molecule has 2 aromatic rings. The van der Waals surface area contributed by atoms with Crippen LogP contribution in [-0.2, 0) is 0 Å². The molecule has 0 bridgehead atoms. The van der Waals surface area contributed by atoms with Gasteiger partial charge in [0.25, 0.3) is 0 Å². The van der Waals surface area contributed by atoms with E-state index in [4.69, 9.17) is 9.47 Å². The molecule has 2 aromatic carbocycles. The monoisotopic (exact) mass is 449 g/mol. The topological polar surface area (TPSA) is 69.3 Å². The number of anilines is 2. The second-order valence-electron chi connectivity index (χ2n) is 7.79. The van der Waals surface area contributed by atoms with Gasteiger partial charge in [0.15, 0.2) is 11.5 Å². The molecule has 0 unspecified atom stereocenters. The Morgan fingerprint density at radius 1 is 0.844 bits per heavy atom. The van der Waals surface area contributed by atoms with E-state index in [1.807, 2.05) is 12.1 Å². The maximum Gasteiger partial charge on any atom is 0.163 e. The Labute approximate surface area is 195 Å². The predicted molar refractivity (Wildman–Crippen MR) is 129 cm³/mol. The fourth-order valence-corrected chi connectivity index (χ4v) is 4.89. The smallest absolute Gasteiger partial charge is 0.163 e. The van der Waals surface area contributed by atoms with Crippen LogP contribution in [0.3, 0.4) is 0 Å². The number of benzene rings is 2. The largest absolute Gasteiger partial charge is 0.491 e. The van der Waals surface area contributed by atoms with E-state index in [-0.39, 0.29) is 11.1 Å². The number of nitriles is 2. The molecule has 0 aromatic heterocycles. The zero-order valence-electron chi connectivity index (χ0n) is 19.2. The predicted octanol–water partition coefficient (Wildman–Crippen LogP) is 7.19. The third-order valence-electron chi connectivity index (χ3n) is 5.43. The number of nitrogens with zero attached hydrogens (tertiary/aromatic N) is 3. The Hall–Kier alpha value is -2.83. The van der Waals surface area contributed by atoms with Crippen molar-refractivity contribution in [3.8, 4) is 23.6 Å². The minimum absolute atomic E-state index is 0.273. The fraction of sp³-hybridized carbons (Fsp3) is 0.462. The highest BCUT2D eigenvalue weighted by molar-refractivity contribution is 7.99. The molecular weight excluding hydrogens is 418 g/mol. The second-order valence-corrected chi connectivity index (χ2v) is 8.84. The minimum Gasteiger partial charge on any atom is -0.491 e. The van der Waals surface area contributed by atoms with Crippen molar-refractivity contribution in [2.24, 2.45) is 0 Å². The molecule has 0 fully saturated rings. The third-order valence-corrected chi connectivity index (χ3v) is 6.57. The van der Waals surface area contributed by atoms with E-state index in [0.717, 1.165) is 66.2 Å². The summed E-state index contributed by atoms with van der Waals surface area (Å²) in [4.78, 5) is 4.24. The van der Waals surface area contributed by atoms with Crippen LogP contribution in [0.4, 0.5) is 11.4 Å². The summed E-state index contributed by atoms with van der Waals surface area (Å²) >= 11 is 1.60. The molecule has 32 heavy (non-hydrogen) atoms. The van der Waals surface area contributed by atoms with E-state index in [1.54, 1.807) is 11.8 Å². The number of fused-ring (bicyclic) bond motifs is 2. The van der Waals surface area contributed by atoms with Crippen molar-refractivity contribution in [2.75, 3.05) is 24.7 Å². The molecule has 3 rings (SSSR count). The Kier molecular flexibility index (Phi) is 8.71. The van der Waals surface area contributed by atoms with Crippen LogP contribution in [0, 0.1) is 22.7 Å². The lowest BCUT2D eigenvalue weighted by molar-refractivity contribution is 0.294. The molecule has 0 amide bonds. The zero-order valence-corrected chi connectivity index (χ0v) is 20.1. The van der Waals surface area contributed by atoms with Gasteiger partial charge in [0.1, 0.15) is 29.0 Å². The number of unbranched alkanes of at least 4 members (excludes halogenated alkanes) is 3. The van der Waals surface area contributed by atoms with Crippen LogP contribution in [0.2, 0.25) is 0 Å². The van der Waals surface area contributed by atoms with Gasteiger partial charge in [-0.1, -0.05) is 63.9 Å². The molecule has 168 valence electrons. The molecule has 0 N–H and O–H groups in total. The van der Waals surface area contributed by atoms with Crippen molar-refractivity contribution < 1.29 is 9.47 Å². The van der Waals surface area contributed by atoms with Crippen LogP contribution in [0.25, 0.3) is 0 Å². The van der Waals surface area contributed by atoms with Gasteiger partial charge in [-0.15, -0.1) is 0 Å². The fourth-order valence-electron chi connectivity index (χ4n) is 3.68. The van der Waals surface area contributed by atoms with E-state index >= 15 is 0 Å². The van der Waals surface area contributed by atoms with Gasteiger partial charge in [-0.25, -0.2) is 0 Å². The van der Waals surface area contributed by atoms with E-state index in [0.29, 0.717) is 24.7 Å². The van der Waals surface area contributed by atoms with E-state index in [1.165, 1.54) is 0 Å². The van der Waals surface area contributed by atoms with Crippen molar-refractivity contribution >= 4 is 23.1 Å². The summed E-state index contributed by atoms with van der Waals surface area (Å²) in [6.45, 7) is 8.20. The summed E-state index contributed by atoms with van der Waals surface area (Å²) < 4.78 is 12.4. The van der Waals surface area contributed by atoms with Gasteiger partial charge in [0, 0.05) is 11.4 Å². The van der Waals surface area contributed by atoms with Crippen molar-refractivity contribution in [1.82, 2.24) is 0 Å². The number of para-hydroxylation sites is 1. The standard InChI is InChI=1S/C26H31N3O2S/c1-4-7-14-29-21-12-10-11-13-22(21)32-26-23(29)24(30-15-8-5-2)19(17-27)20(18-28)25(26)31-16-9-6-3/h10-13H,4-9,14-16H2,1-3H3. The van der Waals surface area contributed by atoms with Crippen LogP contribution in [0.15, 0.2) is 34.1 Å². The molecule has 5 nitrogen and oxygen atoms in total. The van der Waals surface area contributed by atoms with Gasteiger partial charge in [0.2, 0.25) is 0 Å². The molecule has 0 atom stereocenters. The number of ether oxygens (including phenoxy) is 2. The van der Waals surface area contributed by atoms with Gasteiger partial charge >= 0.3 is 0 Å². The summed E-state index contributed by atoms with van der Waals surface area (Å²) in [6, 6.07) is 12.8. The highest BCUT2D eigenvalue weighted by Gasteiger charge is 2.34. The average molecular weight is 450 g/mol. The summed E-state index contributed by atoms with van der Waals surface area (Å²) in [5.74, 6) is 1.02. The molecule has 6 heteroatoms. The molecular formula is C26H31N3O2S. The highest BCUT2D eigenvalue weighted by Crippen LogP contribution is 2.57. The first-order chi connectivity index (χ1) is 15.7. The SMILES string of the molecule is CCCCOc1c(C#N)c(C#N)c(OCCCC)c2c1Sc1ccccc1N2CCCC. The van der Waals surface area contributed by atoms with Crippen LogP contribution in [0.5, 0.6) is 11.5 Å². The highest BCUT2D eigenvalue weighted by atomic mass is 32.2. The third kappa shape index (κ3) is 4.81. The second kappa shape index (κ2) is 11.7. The molecule has 1 heterocycles. The minimum atomic E-state index is 0.273. The molecule has 0 saturated heterocycles. The lowest BCUT2D eigenvalue weighted by Gasteiger charge is -2.35. The van der Waals surface area contributed by atoms with Crippen LogP contribution in [-0.4, -0.2) is 19.8 Å².